The van der Waals surface area contributed by atoms with E-state index in [1.165, 1.54) is 218 Å². The van der Waals surface area contributed by atoms with Crippen molar-refractivity contribution in [2.45, 2.75) is 335 Å². The molecule has 80 heavy (non-hydrogen) atoms. The van der Waals surface area contributed by atoms with Crippen molar-refractivity contribution in [2.75, 3.05) is 40.9 Å². The molecule has 0 aliphatic rings. The fourth-order valence-electron chi connectivity index (χ4n) is 9.94. The van der Waals surface area contributed by atoms with Crippen molar-refractivity contribution in [3.8, 4) is 0 Å². The third-order valence-electron chi connectivity index (χ3n) is 15.2. The van der Waals surface area contributed by atoms with E-state index in [1.807, 2.05) is 33.3 Å². The first-order chi connectivity index (χ1) is 38.9. The molecule has 0 aliphatic heterocycles. The van der Waals surface area contributed by atoms with Crippen LogP contribution in [0.4, 0.5) is 0 Å². The Morgan fingerprint density at radius 1 is 0.438 bits per heavy atom. The maximum Gasteiger partial charge on any atom is 0.472 e. The maximum atomic E-state index is 13.6. The number of hydrogen-bond acceptors (Lipinski definition) is 6. The third kappa shape index (κ3) is 60.3. The number of phosphoric ester groups is 1. The normalized spacial score (nSPS) is 13.9. The number of ether oxygens (including phenoxy) is 1. The van der Waals surface area contributed by atoms with Crippen molar-refractivity contribution < 1.29 is 37.3 Å². The molecular formula is C70H132N2O7P+. The number of unbranched alkanes of at least 4 members (excludes halogenated alkanes) is 38. The van der Waals surface area contributed by atoms with Crippen LogP contribution in [0.3, 0.4) is 0 Å². The first-order valence-corrected chi connectivity index (χ1v) is 35.6. The van der Waals surface area contributed by atoms with Crippen LogP contribution in [0, 0.1) is 0 Å². The van der Waals surface area contributed by atoms with Crippen LogP contribution in [0.25, 0.3) is 0 Å². The summed E-state index contributed by atoms with van der Waals surface area (Å²) >= 11 is 0. The number of nitrogens with zero attached hydrogens (tertiary/aromatic N) is 1. The van der Waals surface area contributed by atoms with Crippen LogP contribution in [0.1, 0.15) is 323 Å². The van der Waals surface area contributed by atoms with Crippen LogP contribution in [-0.4, -0.2) is 74.3 Å². The lowest BCUT2D eigenvalue weighted by Crippen LogP contribution is -2.47. The highest BCUT2D eigenvalue weighted by Gasteiger charge is 2.30. The minimum atomic E-state index is -4.46. The van der Waals surface area contributed by atoms with Gasteiger partial charge in [-0.25, -0.2) is 4.57 Å². The third-order valence-corrected chi connectivity index (χ3v) is 16.2. The van der Waals surface area contributed by atoms with Gasteiger partial charge in [0.2, 0.25) is 5.91 Å². The number of amides is 1. The summed E-state index contributed by atoms with van der Waals surface area (Å²) in [5, 5.41) is 3.05. The molecule has 0 heterocycles. The smallest absolute Gasteiger partial charge is 0.456 e. The number of carbonyl (C=O) groups is 2. The van der Waals surface area contributed by atoms with Gasteiger partial charge in [0.1, 0.15) is 19.3 Å². The molecule has 3 unspecified atom stereocenters. The molecule has 2 N–H and O–H groups in total. The number of allylic oxidation sites excluding steroid dienone is 9. The van der Waals surface area contributed by atoms with Gasteiger partial charge in [0.15, 0.2) is 0 Å². The van der Waals surface area contributed by atoms with Crippen LogP contribution < -0.4 is 5.32 Å². The SMILES string of the molecule is CCCCC/C=C\C/C=C\C/C=C\C/C=C\CCCC(=O)OC(/C=C\CCCCCCCCCCCC)C(COP(=O)(O)OCC[N+](C)(C)C)NC(=O)CCCCCCCCCCCCCCCCCCCCCCCCCCC. The average molecular weight is 1140 g/mol. The van der Waals surface area contributed by atoms with Gasteiger partial charge in [0.25, 0.3) is 0 Å². The average Bonchev–Trinajstić information content (AvgIpc) is 3.42. The zero-order valence-corrected chi connectivity index (χ0v) is 54.5. The van der Waals surface area contributed by atoms with E-state index >= 15 is 0 Å². The van der Waals surface area contributed by atoms with E-state index < -0.39 is 20.0 Å². The second-order valence-electron chi connectivity index (χ2n) is 24.4. The lowest BCUT2D eigenvalue weighted by Gasteiger charge is -2.27. The molecule has 0 saturated carbocycles. The Bertz CT molecular complexity index is 1550. The predicted molar refractivity (Wildman–Crippen MR) is 346 cm³/mol. The fourth-order valence-corrected chi connectivity index (χ4v) is 10.7. The van der Waals surface area contributed by atoms with Gasteiger partial charge in [-0.05, 0) is 70.3 Å². The first-order valence-electron chi connectivity index (χ1n) is 34.1. The van der Waals surface area contributed by atoms with Crippen LogP contribution in [-0.2, 0) is 27.9 Å². The highest BCUT2D eigenvalue weighted by molar-refractivity contribution is 7.47. The maximum absolute atomic E-state index is 13.6. The van der Waals surface area contributed by atoms with Gasteiger partial charge in [-0.15, -0.1) is 0 Å². The van der Waals surface area contributed by atoms with Gasteiger partial charge < -0.3 is 19.4 Å². The molecule has 0 spiro atoms. The number of quaternary nitrogens is 1. The number of likely N-dealkylation sites (N-methyl/N-ethyl adjacent to an activating group) is 1. The zero-order chi connectivity index (χ0) is 58.6. The van der Waals surface area contributed by atoms with Gasteiger partial charge in [-0.2, -0.15) is 0 Å². The predicted octanol–water partition coefficient (Wildman–Crippen LogP) is 21.4. The van der Waals surface area contributed by atoms with E-state index in [2.05, 4.69) is 74.7 Å². The minimum absolute atomic E-state index is 0.0322. The number of phosphoric acid groups is 1. The number of rotatable bonds is 62. The number of esters is 1. The molecule has 468 valence electrons. The summed E-state index contributed by atoms with van der Waals surface area (Å²) in [5.41, 5.74) is 0. The second kappa shape index (κ2) is 59.9. The summed E-state index contributed by atoms with van der Waals surface area (Å²) in [5.74, 6) is -0.559. The largest absolute Gasteiger partial charge is 0.472 e. The highest BCUT2D eigenvalue weighted by atomic mass is 31.2. The second-order valence-corrected chi connectivity index (χ2v) is 25.8. The first kappa shape index (κ1) is 77.7. The Morgan fingerprint density at radius 3 is 1.19 bits per heavy atom. The summed E-state index contributed by atoms with van der Waals surface area (Å²) < 4.78 is 30.7. The Balaban J connectivity index is 5.12. The summed E-state index contributed by atoms with van der Waals surface area (Å²) in [6.45, 7) is 6.99. The van der Waals surface area contributed by atoms with Gasteiger partial charge >= 0.3 is 13.8 Å². The highest BCUT2D eigenvalue weighted by Crippen LogP contribution is 2.43. The van der Waals surface area contributed by atoms with Crippen LogP contribution in [0.2, 0.25) is 0 Å². The van der Waals surface area contributed by atoms with E-state index in [1.54, 1.807) is 0 Å². The van der Waals surface area contributed by atoms with E-state index in [-0.39, 0.29) is 31.5 Å². The topological polar surface area (TPSA) is 111 Å². The van der Waals surface area contributed by atoms with Crippen LogP contribution in [0.5, 0.6) is 0 Å². The Labute approximate surface area is 496 Å². The molecule has 0 bridgehead atoms. The molecule has 0 saturated heterocycles. The molecule has 0 aromatic rings. The molecule has 9 nitrogen and oxygen atoms in total. The molecular weight excluding hydrogens is 1010 g/mol. The molecule has 0 radical (unpaired) electrons. The van der Waals surface area contributed by atoms with E-state index in [0.29, 0.717) is 23.9 Å². The van der Waals surface area contributed by atoms with Crippen LogP contribution >= 0.6 is 7.82 Å². The number of nitrogens with one attached hydrogen (secondary N) is 1. The Kier molecular flexibility index (Phi) is 58.1. The van der Waals surface area contributed by atoms with Crippen molar-refractivity contribution in [3.63, 3.8) is 0 Å². The van der Waals surface area contributed by atoms with Gasteiger partial charge in [-0.3, -0.25) is 18.6 Å². The summed E-state index contributed by atoms with van der Waals surface area (Å²) in [4.78, 5) is 37.8. The Hall–Kier alpha value is -2.29. The van der Waals surface area contributed by atoms with Crippen molar-refractivity contribution >= 4 is 19.7 Å². The van der Waals surface area contributed by atoms with E-state index in [9.17, 15) is 19.0 Å². The molecule has 0 aromatic heterocycles. The number of hydrogen-bond donors (Lipinski definition) is 2. The molecule has 3 atom stereocenters. The van der Waals surface area contributed by atoms with E-state index in [4.69, 9.17) is 13.8 Å². The summed E-state index contributed by atoms with van der Waals surface area (Å²) in [7, 11) is 1.48. The van der Waals surface area contributed by atoms with Crippen molar-refractivity contribution in [1.29, 1.82) is 0 Å². The van der Waals surface area contributed by atoms with Gasteiger partial charge in [-0.1, -0.05) is 300 Å². The minimum Gasteiger partial charge on any atom is -0.456 e. The number of carbonyl (C=O) groups excluding carboxylic acids is 2. The van der Waals surface area contributed by atoms with Gasteiger partial charge in [0.05, 0.1) is 33.8 Å². The Morgan fingerprint density at radius 2 is 0.775 bits per heavy atom. The van der Waals surface area contributed by atoms with Crippen LogP contribution in [0.15, 0.2) is 60.8 Å². The van der Waals surface area contributed by atoms with Gasteiger partial charge in [0, 0.05) is 12.8 Å². The summed E-state index contributed by atoms with van der Waals surface area (Å²) in [6.07, 6.45) is 76.7. The summed E-state index contributed by atoms with van der Waals surface area (Å²) in [6, 6.07) is -0.870. The standard InChI is InChI=1S/C70H131N2O7P/c1-7-10-13-16-19-22-25-28-30-32-33-34-35-36-37-38-39-41-42-44-47-50-53-56-59-62-69(73)71-67(66-78-80(75,76)77-65-64-72(4,5)6)68(61-58-55-52-49-46-27-24-21-18-15-12-9-3)79-70(74)63-60-57-54-51-48-45-43-40-31-29-26-23-20-17-14-11-8-2/h20,23,29,31,43,45,51,54,58,61,67-68H,7-19,21-22,24-28,30,32-42,44,46-50,52-53,55-57,59-60,62-66H2,1-6H3,(H-,71,73,75,76)/p+1/b23-20-,31-29-,45-43-,54-51-,61-58-. The molecule has 0 aliphatic carbocycles. The molecule has 0 fully saturated rings. The quantitative estimate of drug-likeness (QED) is 0.0205. The van der Waals surface area contributed by atoms with E-state index in [0.717, 1.165) is 64.2 Å². The fraction of sp³-hybridized carbons (Fsp3) is 0.829. The molecule has 0 rings (SSSR count). The molecule has 1 amide bonds. The monoisotopic (exact) mass is 1140 g/mol. The van der Waals surface area contributed by atoms with Crippen molar-refractivity contribution in [1.82, 2.24) is 5.32 Å². The lowest BCUT2D eigenvalue weighted by molar-refractivity contribution is -0.870. The lowest BCUT2D eigenvalue weighted by atomic mass is 10.0. The molecule has 10 heteroatoms. The molecule has 0 aromatic carbocycles. The van der Waals surface area contributed by atoms with Crippen molar-refractivity contribution in [2.24, 2.45) is 0 Å². The zero-order valence-electron chi connectivity index (χ0n) is 53.6. The van der Waals surface area contributed by atoms with Crippen molar-refractivity contribution in [3.05, 3.63) is 60.8 Å².